The minimum atomic E-state index is 0.0245. The number of hydrogen-bond acceptors (Lipinski definition) is 4. The van der Waals surface area contributed by atoms with E-state index in [0.717, 1.165) is 22.3 Å². The summed E-state index contributed by atoms with van der Waals surface area (Å²) in [4.78, 5) is 16.3. The Morgan fingerprint density at radius 2 is 2.05 bits per heavy atom. The SMILES string of the molecule is CCC(=O)c1nnn(-c2cccc3ncccc23)c1CC. The van der Waals surface area contributed by atoms with E-state index in [-0.39, 0.29) is 5.78 Å². The molecular weight excluding hydrogens is 264 g/mol. The minimum Gasteiger partial charge on any atom is -0.292 e. The van der Waals surface area contributed by atoms with Gasteiger partial charge in [0.2, 0.25) is 0 Å². The van der Waals surface area contributed by atoms with Gasteiger partial charge < -0.3 is 0 Å². The molecule has 0 atom stereocenters. The summed E-state index contributed by atoms with van der Waals surface area (Å²) in [6.45, 7) is 3.84. The number of hydrogen-bond donors (Lipinski definition) is 0. The number of rotatable bonds is 4. The van der Waals surface area contributed by atoms with Crippen LogP contribution in [0.15, 0.2) is 36.5 Å². The van der Waals surface area contributed by atoms with E-state index in [2.05, 4.69) is 15.3 Å². The van der Waals surface area contributed by atoms with Gasteiger partial charge in [0.05, 0.1) is 16.9 Å². The first kappa shape index (κ1) is 13.4. The summed E-state index contributed by atoms with van der Waals surface area (Å²) in [7, 11) is 0. The molecule has 1 aromatic carbocycles. The van der Waals surface area contributed by atoms with Crippen molar-refractivity contribution in [2.24, 2.45) is 0 Å². The molecule has 0 bridgehead atoms. The first-order chi connectivity index (χ1) is 10.3. The van der Waals surface area contributed by atoms with Crippen molar-refractivity contribution in [3.8, 4) is 5.69 Å². The topological polar surface area (TPSA) is 60.7 Å². The third-order valence-corrected chi connectivity index (χ3v) is 3.53. The third kappa shape index (κ3) is 2.20. The van der Waals surface area contributed by atoms with Gasteiger partial charge in [-0.05, 0) is 30.7 Å². The molecule has 0 aliphatic carbocycles. The second kappa shape index (κ2) is 5.44. The van der Waals surface area contributed by atoms with Crippen LogP contribution < -0.4 is 0 Å². The summed E-state index contributed by atoms with van der Waals surface area (Å²) in [5, 5.41) is 9.27. The lowest BCUT2D eigenvalue weighted by atomic mass is 10.1. The van der Waals surface area contributed by atoms with E-state index in [9.17, 15) is 4.79 Å². The van der Waals surface area contributed by atoms with Crippen molar-refractivity contribution >= 4 is 16.7 Å². The molecule has 0 fully saturated rings. The van der Waals surface area contributed by atoms with Crippen LogP contribution in [0.4, 0.5) is 0 Å². The molecule has 0 saturated heterocycles. The van der Waals surface area contributed by atoms with Crippen molar-refractivity contribution < 1.29 is 4.79 Å². The van der Waals surface area contributed by atoms with Gasteiger partial charge in [-0.25, -0.2) is 4.68 Å². The normalized spacial score (nSPS) is 11.0. The summed E-state index contributed by atoms with van der Waals surface area (Å²) < 4.78 is 1.76. The number of ketones is 1. The number of Topliss-reactive ketones (excluding diaryl/α,β-unsaturated/α-hetero) is 1. The molecule has 106 valence electrons. The van der Waals surface area contributed by atoms with Gasteiger partial charge in [0.15, 0.2) is 11.5 Å². The zero-order chi connectivity index (χ0) is 14.8. The third-order valence-electron chi connectivity index (χ3n) is 3.53. The van der Waals surface area contributed by atoms with Crippen LogP contribution in [0.1, 0.15) is 36.5 Å². The molecule has 0 unspecified atom stereocenters. The summed E-state index contributed by atoms with van der Waals surface area (Å²) in [6.07, 6.45) is 2.90. The lowest BCUT2D eigenvalue weighted by Crippen LogP contribution is -2.06. The molecule has 21 heavy (non-hydrogen) atoms. The van der Waals surface area contributed by atoms with E-state index in [1.54, 1.807) is 10.9 Å². The van der Waals surface area contributed by atoms with Gasteiger partial charge in [-0.1, -0.05) is 25.1 Å². The Morgan fingerprint density at radius 1 is 1.19 bits per heavy atom. The monoisotopic (exact) mass is 280 g/mol. The predicted octanol–water partition coefficient (Wildman–Crippen LogP) is 2.97. The highest BCUT2D eigenvalue weighted by atomic mass is 16.1. The Balaban J connectivity index is 2.24. The second-order valence-corrected chi connectivity index (χ2v) is 4.77. The van der Waals surface area contributed by atoms with Gasteiger partial charge in [0.25, 0.3) is 0 Å². The minimum absolute atomic E-state index is 0.0245. The number of carbonyl (C=O) groups is 1. The molecule has 0 amide bonds. The Labute approximate surface area is 122 Å². The van der Waals surface area contributed by atoms with Crippen LogP contribution in [0.5, 0.6) is 0 Å². The standard InChI is InChI=1S/C16H16N4O/c1-3-13-16(15(21)4-2)18-19-20(13)14-9-5-8-12-11(14)7-6-10-17-12/h5-10H,3-4H2,1-2H3. The average Bonchev–Trinajstić information content (AvgIpc) is 2.97. The van der Waals surface area contributed by atoms with Gasteiger partial charge in [-0.15, -0.1) is 5.10 Å². The fraction of sp³-hybridized carbons (Fsp3) is 0.250. The second-order valence-electron chi connectivity index (χ2n) is 4.77. The fourth-order valence-corrected chi connectivity index (χ4v) is 2.47. The Kier molecular flexibility index (Phi) is 3.48. The highest BCUT2D eigenvalue weighted by Gasteiger charge is 2.18. The molecule has 3 aromatic rings. The number of aromatic nitrogens is 4. The lowest BCUT2D eigenvalue weighted by molar-refractivity contribution is 0.0982. The van der Waals surface area contributed by atoms with Gasteiger partial charge >= 0.3 is 0 Å². The Hall–Kier alpha value is -2.56. The van der Waals surface area contributed by atoms with Crippen LogP contribution in [0.25, 0.3) is 16.6 Å². The number of fused-ring (bicyclic) bond motifs is 1. The molecule has 5 heteroatoms. The quantitative estimate of drug-likeness (QED) is 0.689. The van der Waals surface area contributed by atoms with Gasteiger partial charge in [0.1, 0.15) is 0 Å². The van der Waals surface area contributed by atoms with Crippen molar-refractivity contribution in [3.63, 3.8) is 0 Å². The average molecular weight is 280 g/mol. The molecule has 5 nitrogen and oxygen atoms in total. The Bertz CT molecular complexity index is 802. The predicted molar refractivity (Wildman–Crippen MR) is 80.7 cm³/mol. The van der Waals surface area contributed by atoms with Crippen LogP contribution >= 0.6 is 0 Å². The van der Waals surface area contributed by atoms with Crippen LogP contribution in [0.3, 0.4) is 0 Å². The number of pyridine rings is 1. The smallest absolute Gasteiger partial charge is 0.184 e. The van der Waals surface area contributed by atoms with Crippen molar-refractivity contribution in [1.29, 1.82) is 0 Å². The van der Waals surface area contributed by atoms with E-state index in [1.165, 1.54) is 0 Å². The van der Waals surface area contributed by atoms with E-state index >= 15 is 0 Å². The molecular formula is C16H16N4O. The summed E-state index contributed by atoms with van der Waals surface area (Å²) in [5.74, 6) is 0.0245. The summed E-state index contributed by atoms with van der Waals surface area (Å²) in [6, 6.07) is 9.76. The summed E-state index contributed by atoms with van der Waals surface area (Å²) >= 11 is 0. The number of carbonyl (C=O) groups excluding carboxylic acids is 1. The maximum atomic E-state index is 12.0. The number of benzene rings is 1. The van der Waals surface area contributed by atoms with Crippen LogP contribution in [0, 0.1) is 0 Å². The molecule has 0 aliphatic heterocycles. The van der Waals surface area contributed by atoms with Crippen LogP contribution in [-0.4, -0.2) is 25.8 Å². The van der Waals surface area contributed by atoms with Gasteiger partial charge in [0, 0.05) is 18.0 Å². The molecule has 0 aliphatic rings. The van der Waals surface area contributed by atoms with E-state index in [0.29, 0.717) is 18.5 Å². The first-order valence-electron chi connectivity index (χ1n) is 7.08. The molecule has 0 saturated carbocycles. The highest BCUT2D eigenvalue weighted by Crippen LogP contribution is 2.22. The maximum Gasteiger partial charge on any atom is 0.184 e. The number of nitrogens with zero attached hydrogens (tertiary/aromatic N) is 4. The fourth-order valence-electron chi connectivity index (χ4n) is 2.47. The molecule has 2 aromatic heterocycles. The largest absolute Gasteiger partial charge is 0.292 e. The zero-order valence-corrected chi connectivity index (χ0v) is 12.1. The first-order valence-corrected chi connectivity index (χ1v) is 7.08. The lowest BCUT2D eigenvalue weighted by Gasteiger charge is -2.08. The molecule has 3 rings (SSSR count). The Morgan fingerprint density at radius 3 is 2.81 bits per heavy atom. The van der Waals surface area contributed by atoms with E-state index < -0.39 is 0 Å². The van der Waals surface area contributed by atoms with Gasteiger partial charge in [-0.3, -0.25) is 9.78 Å². The highest BCUT2D eigenvalue weighted by molar-refractivity contribution is 5.95. The van der Waals surface area contributed by atoms with Crippen LogP contribution in [0.2, 0.25) is 0 Å². The van der Waals surface area contributed by atoms with Crippen LogP contribution in [-0.2, 0) is 6.42 Å². The van der Waals surface area contributed by atoms with E-state index in [4.69, 9.17) is 0 Å². The molecule has 2 heterocycles. The van der Waals surface area contributed by atoms with Crippen molar-refractivity contribution in [2.45, 2.75) is 26.7 Å². The van der Waals surface area contributed by atoms with Gasteiger partial charge in [-0.2, -0.15) is 0 Å². The van der Waals surface area contributed by atoms with Crippen molar-refractivity contribution in [3.05, 3.63) is 47.9 Å². The summed E-state index contributed by atoms with van der Waals surface area (Å²) in [5.41, 5.74) is 3.12. The maximum absolute atomic E-state index is 12.0. The molecule has 0 N–H and O–H groups in total. The molecule has 0 spiro atoms. The zero-order valence-electron chi connectivity index (χ0n) is 12.1. The van der Waals surface area contributed by atoms with E-state index in [1.807, 2.05) is 44.2 Å². The molecule has 0 radical (unpaired) electrons. The van der Waals surface area contributed by atoms with Crippen molar-refractivity contribution in [1.82, 2.24) is 20.0 Å². The van der Waals surface area contributed by atoms with Crippen molar-refractivity contribution in [2.75, 3.05) is 0 Å².